The largest absolute Gasteiger partial charge is 0.384 e. The van der Waals surface area contributed by atoms with Crippen LogP contribution in [-0.2, 0) is 14.9 Å². The van der Waals surface area contributed by atoms with E-state index in [1.165, 1.54) is 11.1 Å². The Morgan fingerprint density at radius 2 is 1.96 bits per heavy atom. The van der Waals surface area contributed by atoms with E-state index >= 15 is 0 Å². The van der Waals surface area contributed by atoms with Crippen molar-refractivity contribution in [2.45, 2.75) is 51.5 Å². The van der Waals surface area contributed by atoms with Gasteiger partial charge in [0.2, 0.25) is 0 Å². The van der Waals surface area contributed by atoms with Crippen LogP contribution in [0.25, 0.3) is 0 Å². The number of hydrogen-bond acceptors (Lipinski definition) is 3. The number of carbonyl (C=O) groups is 1. The van der Waals surface area contributed by atoms with Gasteiger partial charge in [-0.2, -0.15) is 0 Å². The number of ketones is 1. The summed E-state index contributed by atoms with van der Waals surface area (Å²) >= 11 is 0. The van der Waals surface area contributed by atoms with Gasteiger partial charge in [0, 0.05) is 19.8 Å². The molecule has 0 saturated carbocycles. The Hall–Kier alpha value is -1.45. The summed E-state index contributed by atoms with van der Waals surface area (Å²) in [7, 11) is 1.69. The minimum Gasteiger partial charge on any atom is -0.384 e. The molecule has 132 valence electrons. The minimum atomic E-state index is -0.375. The van der Waals surface area contributed by atoms with E-state index in [1.807, 2.05) is 6.08 Å². The summed E-state index contributed by atoms with van der Waals surface area (Å²) in [5.74, 6) is 0.247. The molecule has 2 rings (SSSR count). The molecule has 0 N–H and O–H groups in total. The topological polar surface area (TPSA) is 29.5 Å². The van der Waals surface area contributed by atoms with Crippen molar-refractivity contribution in [1.29, 1.82) is 0 Å². The Morgan fingerprint density at radius 1 is 1.29 bits per heavy atom. The summed E-state index contributed by atoms with van der Waals surface area (Å²) in [6.45, 7) is 9.18. The lowest BCUT2D eigenvalue weighted by Crippen LogP contribution is -2.49. The highest BCUT2D eigenvalue weighted by molar-refractivity contribution is 5.99. The molecular weight excluding hydrogens is 298 g/mol. The molecule has 1 aliphatic heterocycles. The maximum atomic E-state index is 13.2. The molecule has 1 aromatic carbocycles. The first-order valence-electron chi connectivity index (χ1n) is 9.01. The van der Waals surface area contributed by atoms with E-state index in [2.05, 4.69) is 49.9 Å². The fraction of sp³-hybridized carbons (Fsp3) is 0.571. The van der Waals surface area contributed by atoms with Crippen molar-refractivity contribution in [1.82, 2.24) is 4.90 Å². The summed E-state index contributed by atoms with van der Waals surface area (Å²) in [6, 6.07) is 8.90. The van der Waals surface area contributed by atoms with E-state index in [4.69, 9.17) is 4.74 Å². The monoisotopic (exact) mass is 329 g/mol. The number of nitrogens with zero attached hydrogens (tertiary/aromatic N) is 1. The maximum absolute atomic E-state index is 13.2. The van der Waals surface area contributed by atoms with Gasteiger partial charge < -0.3 is 9.64 Å². The summed E-state index contributed by atoms with van der Waals surface area (Å²) in [5.41, 5.74) is 2.05. The minimum absolute atomic E-state index is 0.247. The van der Waals surface area contributed by atoms with Gasteiger partial charge in [0.25, 0.3) is 0 Å². The van der Waals surface area contributed by atoms with Crippen molar-refractivity contribution >= 4 is 5.78 Å². The smallest absolute Gasteiger partial charge is 0.165 e. The molecule has 3 heteroatoms. The van der Waals surface area contributed by atoms with Gasteiger partial charge in [-0.15, -0.1) is 0 Å². The normalized spacial score (nSPS) is 18.4. The summed E-state index contributed by atoms with van der Waals surface area (Å²) in [6.07, 6.45) is 6.31. The van der Waals surface area contributed by atoms with Crippen LogP contribution in [0, 0.1) is 6.92 Å². The molecule has 1 heterocycles. The lowest BCUT2D eigenvalue weighted by Gasteiger charge is -2.42. The van der Waals surface area contributed by atoms with Crippen LogP contribution in [0.3, 0.4) is 0 Å². The summed E-state index contributed by atoms with van der Waals surface area (Å²) < 4.78 is 5.07. The fourth-order valence-electron chi connectivity index (χ4n) is 3.72. The third-order valence-corrected chi connectivity index (χ3v) is 5.27. The van der Waals surface area contributed by atoms with Crippen LogP contribution in [-0.4, -0.2) is 43.5 Å². The average Bonchev–Trinajstić information content (AvgIpc) is 2.59. The number of carbonyl (C=O) groups excluding carboxylic acids is 1. The molecule has 0 aliphatic carbocycles. The van der Waals surface area contributed by atoms with Crippen molar-refractivity contribution in [3.63, 3.8) is 0 Å². The number of methoxy groups -OCH3 is 1. The standard InChI is InChI=1S/C21H31NO2/c1-17(2)22-14-12-21(13-15-22,19-10-6-5-9-18(19)3)20(23)11-7-8-16-24-4/h5-7,9-11,17H,8,12-16H2,1-4H3. The highest BCUT2D eigenvalue weighted by Crippen LogP contribution is 2.39. The summed E-state index contributed by atoms with van der Waals surface area (Å²) in [5, 5.41) is 0. The number of piperidine rings is 1. The zero-order valence-electron chi connectivity index (χ0n) is 15.5. The summed E-state index contributed by atoms with van der Waals surface area (Å²) in [4.78, 5) is 15.6. The van der Waals surface area contributed by atoms with Gasteiger partial charge in [-0.3, -0.25) is 4.79 Å². The zero-order chi connectivity index (χ0) is 17.6. The molecule has 3 nitrogen and oxygen atoms in total. The van der Waals surface area contributed by atoms with Gasteiger partial charge in [-0.25, -0.2) is 0 Å². The molecule has 1 aliphatic rings. The highest BCUT2D eigenvalue weighted by Gasteiger charge is 2.42. The third kappa shape index (κ3) is 4.14. The van der Waals surface area contributed by atoms with Gasteiger partial charge in [0.1, 0.15) is 0 Å². The molecule has 0 unspecified atom stereocenters. The van der Waals surface area contributed by atoms with Crippen molar-refractivity contribution in [3.8, 4) is 0 Å². The predicted molar refractivity (Wildman–Crippen MR) is 99.4 cm³/mol. The number of allylic oxidation sites excluding steroid dienone is 1. The average molecular weight is 329 g/mol. The molecule has 1 aromatic rings. The Balaban J connectivity index is 2.28. The third-order valence-electron chi connectivity index (χ3n) is 5.27. The van der Waals surface area contributed by atoms with Crippen molar-refractivity contribution < 1.29 is 9.53 Å². The van der Waals surface area contributed by atoms with Crippen LogP contribution in [0.4, 0.5) is 0 Å². The van der Waals surface area contributed by atoms with Gasteiger partial charge in [0.15, 0.2) is 5.78 Å². The van der Waals surface area contributed by atoms with E-state index < -0.39 is 0 Å². The number of rotatable bonds is 7. The lowest BCUT2D eigenvalue weighted by molar-refractivity contribution is -0.121. The predicted octanol–water partition coefficient (Wildman–Crippen LogP) is 3.90. The molecule has 0 amide bonds. The van der Waals surface area contributed by atoms with E-state index in [1.54, 1.807) is 13.2 Å². The van der Waals surface area contributed by atoms with Crippen LogP contribution >= 0.6 is 0 Å². The number of ether oxygens (including phenoxy) is 1. The van der Waals surface area contributed by atoms with Crippen LogP contribution < -0.4 is 0 Å². The van der Waals surface area contributed by atoms with E-state index in [9.17, 15) is 4.79 Å². The second kappa shape index (κ2) is 8.59. The molecule has 0 spiro atoms. The Kier molecular flexibility index (Phi) is 6.76. The van der Waals surface area contributed by atoms with Crippen molar-refractivity contribution in [3.05, 3.63) is 47.5 Å². The lowest BCUT2D eigenvalue weighted by atomic mass is 9.68. The van der Waals surface area contributed by atoms with E-state index in [0.29, 0.717) is 12.6 Å². The zero-order valence-corrected chi connectivity index (χ0v) is 15.5. The first-order chi connectivity index (χ1) is 11.5. The molecule has 0 aromatic heterocycles. The van der Waals surface area contributed by atoms with Gasteiger partial charge in [0.05, 0.1) is 5.41 Å². The number of hydrogen-bond donors (Lipinski definition) is 0. The van der Waals surface area contributed by atoms with Gasteiger partial charge in [-0.05, 0) is 70.3 Å². The van der Waals surface area contributed by atoms with Crippen molar-refractivity contribution in [2.24, 2.45) is 0 Å². The molecular formula is C21H31NO2. The Bertz CT molecular complexity index is 569. The molecule has 24 heavy (non-hydrogen) atoms. The van der Waals surface area contributed by atoms with E-state index in [0.717, 1.165) is 32.4 Å². The molecule has 1 fully saturated rings. The molecule has 1 saturated heterocycles. The number of aryl methyl sites for hydroxylation is 1. The Morgan fingerprint density at radius 3 is 2.54 bits per heavy atom. The number of benzene rings is 1. The highest BCUT2D eigenvalue weighted by atomic mass is 16.5. The van der Waals surface area contributed by atoms with Crippen molar-refractivity contribution in [2.75, 3.05) is 26.8 Å². The van der Waals surface area contributed by atoms with Crippen LogP contribution in [0.1, 0.15) is 44.2 Å². The van der Waals surface area contributed by atoms with Gasteiger partial charge >= 0.3 is 0 Å². The van der Waals surface area contributed by atoms with Crippen LogP contribution in [0.5, 0.6) is 0 Å². The van der Waals surface area contributed by atoms with Gasteiger partial charge in [-0.1, -0.05) is 30.3 Å². The first-order valence-corrected chi connectivity index (χ1v) is 9.01. The molecule has 0 radical (unpaired) electrons. The van der Waals surface area contributed by atoms with E-state index in [-0.39, 0.29) is 11.2 Å². The van der Waals surface area contributed by atoms with Crippen LogP contribution in [0.2, 0.25) is 0 Å². The van der Waals surface area contributed by atoms with Crippen LogP contribution in [0.15, 0.2) is 36.4 Å². The number of likely N-dealkylation sites (tertiary alicyclic amines) is 1. The first kappa shape index (κ1) is 18.9. The Labute approximate surface area is 146 Å². The molecule has 0 atom stereocenters. The SMILES string of the molecule is COCCC=CC(=O)C1(c2ccccc2C)CCN(C(C)C)CC1. The second-order valence-electron chi connectivity index (χ2n) is 7.07. The fourth-order valence-corrected chi connectivity index (χ4v) is 3.72. The quantitative estimate of drug-likeness (QED) is 0.561. The molecule has 0 bridgehead atoms. The maximum Gasteiger partial charge on any atom is 0.165 e. The second-order valence-corrected chi connectivity index (χ2v) is 7.07.